The number of nitro groups is 1. The SMILES string of the molecule is O=C(Nc1ccc([N+](=O)[O-])c(F)c1)c1ccc(Cl)c(Br)c1. The second-order valence-corrected chi connectivity index (χ2v) is 5.27. The van der Waals surface area contributed by atoms with Crippen molar-refractivity contribution in [2.45, 2.75) is 0 Å². The average molecular weight is 374 g/mol. The second-order valence-electron chi connectivity index (χ2n) is 4.01. The minimum atomic E-state index is -1.02. The zero-order chi connectivity index (χ0) is 15.6. The van der Waals surface area contributed by atoms with E-state index in [1.54, 1.807) is 0 Å². The third kappa shape index (κ3) is 3.56. The van der Waals surface area contributed by atoms with Gasteiger partial charge in [0.1, 0.15) is 0 Å². The van der Waals surface area contributed by atoms with Gasteiger partial charge < -0.3 is 5.32 Å². The molecule has 1 amide bonds. The lowest BCUT2D eigenvalue weighted by Gasteiger charge is -2.06. The summed E-state index contributed by atoms with van der Waals surface area (Å²) in [4.78, 5) is 21.6. The van der Waals surface area contributed by atoms with Gasteiger partial charge >= 0.3 is 5.69 Å². The van der Waals surface area contributed by atoms with Crippen molar-refractivity contribution in [2.24, 2.45) is 0 Å². The first-order valence-corrected chi connectivity index (χ1v) is 6.76. The van der Waals surface area contributed by atoms with Crippen molar-refractivity contribution in [3.8, 4) is 0 Å². The molecule has 0 radical (unpaired) electrons. The number of halogens is 3. The highest BCUT2D eigenvalue weighted by atomic mass is 79.9. The monoisotopic (exact) mass is 372 g/mol. The molecule has 0 aliphatic carbocycles. The lowest BCUT2D eigenvalue weighted by molar-refractivity contribution is -0.387. The highest BCUT2D eigenvalue weighted by Gasteiger charge is 2.15. The van der Waals surface area contributed by atoms with Crippen LogP contribution < -0.4 is 5.32 Å². The fraction of sp³-hybridized carbons (Fsp3) is 0. The van der Waals surface area contributed by atoms with Crippen LogP contribution >= 0.6 is 27.5 Å². The number of carbonyl (C=O) groups excluding carboxylic acids is 1. The highest BCUT2D eigenvalue weighted by molar-refractivity contribution is 9.10. The minimum Gasteiger partial charge on any atom is -0.322 e. The van der Waals surface area contributed by atoms with Gasteiger partial charge in [0.05, 0.1) is 9.95 Å². The minimum absolute atomic E-state index is 0.120. The Balaban J connectivity index is 2.21. The molecule has 108 valence electrons. The van der Waals surface area contributed by atoms with E-state index < -0.39 is 22.3 Å². The lowest BCUT2D eigenvalue weighted by Crippen LogP contribution is -2.12. The van der Waals surface area contributed by atoms with E-state index in [-0.39, 0.29) is 5.69 Å². The number of anilines is 1. The van der Waals surface area contributed by atoms with Crippen molar-refractivity contribution in [1.29, 1.82) is 0 Å². The summed E-state index contributed by atoms with van der Waals surface area (Å²) in [5, 5.41) is 13.4. The average Bonchev–Trinajstić information content (AvgIpc) is 2.41. The summed E-state index contributed by atoms with van der Waals surface area (Å²) < 4.78 is 14.0. The van der Waals surface area contributed by atoms with Gasteiger partial charge in [0.25, 0.3) is 5.91 Å². The number of nitrogens with one attached hydrogen (secondary N) is 1. The van der Waals surface area contributed by atoms with E-state index in [0.29, 0.717) is 15.1 Å². The molecule has 0 saturated heterocycles. The molecule has 1 N–H and O–H groups in total. The molecule has 0 fully saturated rings. The standard InChI is InChI=1S/C13H7BrClFN2O3/c14-9-5-7(1-3-10(9)15)13(19)17-8-2-4-12(18(20)21)11(16)6-8/h1-6H,(H,17,19). The van der Waals surface area contributed by atoms with Crippen LogP contribution in [0.15, 0.2) is 40.9 Å². The molecule has 5 nitrogen and oxygen atoms in total. The van der Waals surface area contributed by atoms with Crippen LogP contribution in [0.25, 0.3) is 0 Å². The van der Waals surface area contributed by atoms with E-state index in [4.69, 9.17) is 11.6 Å². The molecule has 8 heteroatoms. The lowest BCUT2D eigenvalue weighted by atomic mass is 10.2. The first kappa shape index (κ1) is 15.4. The molecule has 0 aromatic heterocycles. The molecule has 2 aromatic carbocycles. The van der Waals surface area contributed by atoms with E-state index in [9.17, 15) is 19.3 Å². The Kier molecular flexibility index (Phi) is 4.54. The summed E-state index contributed by atoms with van der Waals surface area (Å²) in [5.74, 6) is -1.50. The van der Waals surface area contributed by atoms with Crippen molar-refractivity contribution in [3.63, 3.8) is 0 Å². The molecule has 21 heavy (non-hydrogen) atoms. The fourth-order valence-electron chi connectivity index (χ4n) is 1.57. The first-order valence-electron chi connectivity index (χ1n) is 5.59. The van der Waals surface area contributed by atoms with Crippen LogP contribution in [0.5, 0.6) is 0 Å². The maximum absolute atomic E-state index is 13.5. The van der Waals surface area contributed by atoms with Crippen LogP contribution in [-0.4, -0.2) is 10.8 Å². The zero-order valence-electron chi connectivity index (χ0n) is 10.3. The van der Waals surface area contributed by atoms with Crippen molar-refractivity contribution >= 4 is 44.8 Å². The second kappa shape index (κ2) is 6.19. The molecular formula is C13H7BrClFN2O3. The first-order chi connectivity index (χ1) is 9.88. The summed E-state index contributed by atoms with van der Waals surface area (Å²) in [6.45, 7) is 0. The van der Waals surface area contributed by atoms with Gasteiger partial charge in [-0.1, -0.05) is 11.6 Å². The van der Waals surface area contributed by atoms with Crippen LogP contribution in [-0.2, 0) is 0 Å². The number of rotatable bonds is 3. The van der Waals surface area contributed by atoms with Crippen LogP contribution in [0, 0.1) is 15.9 Å². The van der Waals surface area contributed by atoms with E-state index in [0.717, 1.165) is 12.1 Å². The summed E-state index contributed by atoms with van der Waals surface area (Å²) in [7, 11) is 0. The third-order valence-electron chi connectivity index (χ3n) is 2.58. The molecule has 2 rings (SSSR count). The van der Waals surface area contributed by atoms with Gasteiger partial charge in [-0.25, -0.2) is 0 Å². The molecule has 0 aliphatic heterocycles. The highest BCUT2D eigenvalue weighted by Crippen LogP contribution is 2.24. The molecule has 0 bridgehead atoms. The molecule has 0 unspecified atom stereocenters. The van der Waals surface area contributed by atoms with Crippen molar-refractivity contribution in [1.82, 2.24) is 0 Å². The third-order valence-corrected chi connectivity index (χ3v) is 3.80. The van der Waals surface area contributed by atoms with Crippen molar-refractivity contribution in [2.75, 3.05) is 5.32 Å². The Bertz CT molecular complexity index is 739. The van der Waals surface area contributed by atoms with E-state index >= 15 is 0 Å². The van der Waals surface area contributed by atoms with Crippen LogP contribution in [0.1, 0.15) is 10.4 Å². The van der Waals surface area contributed by atoms with Gasteiger partial charge in [-0.05, 0) is 40.2 Å². The Labute approximate surface area is 132 Å². The summed E-state index contributed by atoms with van der Waals surface area (Å²) >= 11 is 9.01. The Morgan fingerprint density at radius 1 is 1.29 bits per heavy atom. The van der Waals surface area contributed by atoms with Crippen LogP contribution in [0.3, 0.4) is 0 Å². The largest absolute Gasteiger partial charge is 0.322 e. The molecule has 0 atom stereocenters. The molecular weight excluding hydrogens is 367 g/mol. The van der Waals surface area contributed by atoms with Gasteiger partial charge in [0.15, 0.2) is 0 Å². The number of carbonyl (C=O) groups is 1. The van der Waals surface area contributed by atoms with Gasteiger partial charge in [-0.3, -0.25) is 14.9 Å². The fourth-order valence-corrected chi connectivity index (χ4v) is 2.07. The van der Waals surface area contributed by atoms with Gasteiger partial charge in [-0.15, -0.1) is 0 Å². The van der Waals surface area contributed by atoms with E-state index in [1.165, 1.54) is 24.3 Å². The summed E-state index contributed by atoms with van der Waals surface area (Å²) in [6, 6.07) is 7.69. The molecule has 0 spiro atoms. The molecule has 0 aliphatic rings. The summed E-state index contributed by atoms with van der Waals surface area (Å²) in [6.07, 6.45) is 0. The van der Waals surface area contributed by atoms with Gasteiger partial charge in [0.2, 0.25) is 5.82 Å². The topological polar surface area (TPSA) is 72.2 Å². The van der Waals surface area contributed by atoms with Gasteiger partial charge in [0, 0.05) is 27.9 Å². The number of hydrogen-bond donors (Lipinski definition) is 1. The van der Waals surface area contributed by atoms with Gasteiger partial charge in [-0.2, -0.15) is 4.39 Å². The number of hydrogen-bond acceptors (Lipinski definition) is 3. The molecule has 0 saturated carbocycles. The van der Waals surface area contributed by atoms with Crippen LogP contribution in [0.4, 0.5) is 15.8 Å². The quantitative estimate of drug-likeness (QED) is 0.640. The predicted octanol–water partition coefficient (Wildman–Crippen LogP) is 4.40. The Morgan fingerprint density at radius 3 is 2.57 bits per heavy atom. The van der Waals surface area contributed by atoms with E-state index in [1.807, 2.05) is 0 Å². The number of benzene rings is 2. The van der Waals surface area contributed by atoms with Crippen LogP contribution in [0.2, 0.25) is 5.02 Å². The number of nitrogens with zero attached hydrogens (tertiary/aromatic N) is 1. The zero-order valence-corrected chi connectivity index (χ0v) is 12.6. The van der Waals surface area contributed by atoms with Crippen molar-refractivity contribution < 1.29 is 14.1 Å². The Morgan fingerprint density at radius 2 is 2.00 bits per heavy atom. The van der Waals surface area contributed by atoms with E-state index in [2.05, 4.69) is 21.2 Å². The number of nitro benzene ring substituents is 1. The van der Waals surface area contributed by atoms with Crippen molar-refractivity contribution in [3.05, 3.63) is 67.4 Å². The normalized spacial score (nSPS) is 10.2. The Hall–Kier alpha value is -1.99. The number of amides is 1. The predicted molar refractivity (Wildman–Crippen MR) is 80.2 cm³/mol. The summed E-state index contributed by atoms with van der Waals surface area (Å²) in [5.41, 5.74) is -0.221. The smallest absolute Gasteiger partial charge is 0.304 e. The molecule has 2 aromatic rings. The maximum atomic E-state index is 13.5. The molecule has 0 heterocycles. The maximum Gasteiger partial charge on any atom is 0.304 e.